The molecule has 0 bridgehead atoms. The van der Waals surface area contributed by atoms with E-state index < -0.39 is 0 Å². The normalized spacial score (nSPS) is 22.2. The van der Waals surface area contributed by atoms with E-state index in [1.165, 1.54) is 11.1 Å². The van der Waals surface area contributed by atoms with Crippen LogP contribution in [0.2, 0.25) is 0 Å². The van der Waals surface area contributed by atoms with Gasteiger partial charge in [-0.25, -0.2) is 0 Å². The Balaban J connectivity index is 2.01. The summed E-state index contributed by atoms with van der Waals surface area (Å²) in [6.07, 6.45) is 10.8. The second-order valence-corrected chi connectivity index (χ2v) is 8.30. The second-order valence-electron chi connectivity index (χ2n) is 8.30. The van der Waals surface area contributed by atoms with E-state index in [1.54, 1.807) is 6.08 Å². The number of hydrogen-bond acceptors (Lipinski definition) is 4. The number of benzene rings is 1. The molecule has 0 amide bonds. The highest BCUT2D eigenvalue weighted by atomic mass is 16.5. The molecule has 4 nitrogen and oxygen atoms in total. The number of ketones is 1. The summed E-state index contributed by atoms with van der Waals surface area (Å²) >= 11 is 0. The molecule has 28 heavy (non-hydrogen) atoms. The highest BCUT2D eigenvalue weighted by Gasteiger charge is 2.37. The molecular weight excluding hydrogens is 350 g/mol. The van der Waals surface area contributed by atoms with Crippen molar-refractivity contribution in [2.24, 2.45) is 0 Å². The highest BCUT2D eigenvalue weighted by molar-refractivity contribution is 5.91. The quantitative estimate of drug-likeness (QED) is 0.588. The Morgan fingerprint density at radius 1 is 1.04 bits per heavy atom. The van der Waals surface area contributed by atoms with Crippen LogP contribution < -0.4 is 9.47 Å². The number of hydrogen-bond donors (Lipinski definition) is 0. The Morgan fingerprint density at radius 3 is 2.32 bits per heavy atom. The molecule has 3 rings (SSSR count). The van der Waals surface area contributed by atoms with Crippen molar-refractivity contribution in [3.63, 3.8) is 0 Å². The number of allylic oxidation sites excluding steroid dienone is 2. The van der Waals surface area contributed by atoms with Gasteiger partial charge in [-0.3, -0.25) is 4.79 Å². The molecule has 1 aromatic carbocycles. The molecule has 4 heteroatoms. The van der Waals surface area contributed by atoms with Crippen LogP contribution in [0.1, 0.15) is 69.9 Å². The fourth-order valence-electron chi connectivity index (χ4n) is 4.17. The molecule has 1 spiro atoms. The number of rotatable bonds is 8. The molecule has 0 N–H and O–H groups in total. The minimum Gasteiger partial charge on any atom is -0.490 e. The number of nitrogens with zero attached hydrogens (tertiary/aromatic N) is 1. The average Bonchev–Trinajstić information content (AvgIpc) is 2.81. The number of unbranched alkanes of at least 4 members (excludes halogenated alkanes) is 2. The molecule has 1 aromatic rings. The van der Waals surface area contributed by atoms with E-state index in [1.807, 2.05) is 0 Å². The Hall–Kier alpha value is -1.81. The van der Waals surface area contributed by atoms with Crippen molar-refractivity contribution in [2.75, 3.05) is 26.8 Å². The van der Waals surface area contributed by atoms with Gasteiger partial charge in [0.2, 0.25) is 0 Å². The summed E-state index contributed by atoms with van der Waals surface area (Å²) in [6, 6.07) is 4.41. The predicted molar refractivity (Wildman–Crippen MR) is 113 cm³/mol. The lowest BCUT2D eigenvalue weighted by Gasteiger charge is -2.34. The summed E-state index contributed by atoms with van der Waals surface area (Å²) in [5.74, 6) is 1.96. The van der Waals surface area contributed by atoms with Crippen molar-refractivity contribution in [2.45, 2.75) is 70.8 Å². The van der Waals surface area contributed by atoms with E-state index >= 15 is 0 Å². The van der Waals surface area contributed by atoms with Crippen LogP contribution in [0.25, 0.3) is 0 Å². The van der Waals surface area contributed by atoms with E-state index in [0.717, 1.165) is 69.7 Å². The molecule has 0 aromatic heterocycles. The summed E-state index contributed by atoms with van der Waals surface area (Å²) in [6.45, 7) is 7.70. The second kappa shape index (κ2) is 9.60. The molecule has 0 radical (unpaired) electrons. The van der Waals surface area contributed by atoms with E-state index in [4.69, 9.17) is 9.47 Å². The largest absolute Gasteiger partial charge is 0.490 e. The van der Waals surface area contributed by atoms with Crippen molar-refractivity contribution in [3.8, 4) is 11.5 Å². The van der Waals surface area contributed by atoms with Gasteiger partial charge in [-0.1, -0.05) is 32.8 Å². The molecule has 1 aliphatic carbocycles. The van der Waals surface area contributed by atoms with E-state index in [0.29, 0.717) is 13.0 Å². The minimum atomic E-state index is -0.0706. The summed E-state index contributed by atoms with van der Waals surface area (Å²) in [5, 5.41) is 0. The van der Waals surface area contributed by atoms with Gasteiger partial charge in [-0.15, -0.1) is 0 Å². The fourth-order valence-corrected chi connectivity index (χ4v) is 4.17. The number of carbonyl (C=O) groups excluding carboxylic acids is 1. The summed E-state index contributed by atoms with van der Waals surface area (Å²) in [4.78, 5) is 14.2. The van der Waals surface area contributed by atoms with Gasteiger partial charge in [0, 0.05) is 18.4 Å². The van der Waals surface area contributed by atoms with Crippen LogP contribution in [-0.2, 0) is 16.8 Å². The molecule has 0 unspecified atom stereocenters. The summed E-state index contributed by atoms with van der Waals surface area (Å²) in [7, 11) is 2.17. The first kappa shape index (κ1) is 20.9. The Morgan fingerprint density at radius 2 is 1.71 bits per heavy atom. The van der Waals surface area contributed by atoms with Gasteiger partial charge in [0.05, 0.1) is 13.2 Å². The molecule has 0 fully saturated rings. The standard InChI is InChI=1S/C24H35NO3/c1-4-6-14-27-22-16-19-18-25(3)13-12-24(10-8-20(26)9-11-24)21(19)17-23(22)28-15-7-5-2/h8,10,16-17H,4-7,9,11-15,18H2,1-3H3/t24-/m0/s1. The molecule has 1 atom stereocenters. The fraction of sp³-hybridized carbons (Fsp3) is 0.625. The lowest BCUT2D eigenvalue weighted by molar-refractivity contribution is -0.115. The lowest BCUT2D eigenvalue weighted by atomic mass is 9.70. The van der Waals surface area contributed by atoms with Gasteiger partial charge in [0.25, 0.3) is 0 Å². The first-order valence-corrected chi connectivity index (χ1v) is 10.9. The van der Waals surface area contributed by atoms with E-state index in [-0.39, 0.29) is 11.2 Å². The van der Waals surface area contributed by atoms with Crippen molar-refractivity contribution in [1.29, 1.82) is 0 Å². The van der Waals surface area contributed by atoms with Crippen LogP contribution in [0.5, 0.6) is 11.5 Å². The number of carbonyl (C=O) groups is 1. The van der Waals surface area contributed by atoms with Gasteiger partial charge in [0.15, 0.2) is 17.3 Å². The maximum atomic E-state index is 11.9. The zero-order chi connectivity index (χ0) is 20.0. The zero-order valence-electron chi connectivity index (χ0n) is 17.8. The van der Waals surface area contributed by atoms with Crippen LogP contribution in [0.4, 0.5) is 0 Å². The Bertz CT molecular complexity index is 712. The van der Waals surface area contributed by atoms with Gasteiger partial charge in [-0.2, -0.15) is 0 Å². The van der Waals surface area contributed by atoms with Crippen LogP contribution in [-0.4, -0.2) is 37.5 Å². The highest BCUT2D eigenvalue weighted by Crippen LogP contribution is 2.45. The van der Waals surface area contributed by atoms with Crippen molar-refractivity contribution < 1.29 is 14.3 Å². The predicted octanol–water partition coefficient (Wildman–Crippen LogP) is 5.04. The third-order valence-corrected chi connectivity index (χ3v) is 6.00. The van der Waals surface area contributed by atoms with Gasteiger partial charge >= 0.3 is 0 Å². The lowest BCUT2D eigenvalue weighted by Crippen LogP contribution is -2.30. The molecule has 0 saturated heterocycles. The topological polar surface area (TPSA) is 38.8 Å². The zero-order valence-corrected chi connectivity index (χ0v) is 17.8. The van der Waals surface area contributed by atoms with Crippen LogP contribution >= 0.6 is 0 Å². The van der Waals surface area contributed by atoms with E-state index in [9.17, 15) is 4.79 Å². The monoisotopic (exact) mass is 385 g/mol. The Labute approximate surface area is 169 Å². The van der Waals surface area contributed by atoms with E-state index in [2.05, 4.69) is 44.0 Å². The molecule has 1 aliphatic heterocycles. The molecule has 154 valence electrons. The number of ether oxygens (including phenoxy) is 2. The third kappa shape index (κ3) is 4.78. The Kier molecular flexibility index (Phi) is 7.17. The molecular formula is C24H35NO3. The van der Waals surface area contributed by atoms with Gasteiger partial charge < -0.3 is 14.4 Å². The molecule has 1 heterocycles. The maximum absolute atomic E-state index is 11.9. The smallest absolute Gasteiger partial charge is 0.161 e. The first-order valence-electron chi connectivity index (χ1n) is 10.9. The van der Waals surface area contributed by atoms with Crippen molar-refractivity contribution >= 4 is 5.78 Å². The van der Waals surface area contributed by atoms with Crippen molar-refractivity contribution in [1.82, 2.24) is 4.90 Å². The van der Waals surface area contributed by atoms with Gasteiger partial charge in [0.1, 0.15) is 0 Å². The molecule has 2 aliphatic rings. The van der Waals surface area contributed by atoms with Crippen LogP contribution in [0, 0.1) is 0 Å². The first-order chi connectivity index (χ1) is 13.6. The number of fused-ring (bicyclic) bond motifs is 2. The third-order valence-electron chi connectivity index (χ3n) is 6.00. The minimum absolute atomic E-state index is 0.0706. The maximum Gasteiger partial charge on any atom is 0.161 e. The average molecular weight is 386 g/mol. The van der Waals surface area contributed by atoms with Gasteiger partial charge in [-0.05, 0) is 68.6 Å². The van der Waals surface area contributed by atoms with Crippen LogP contribution in [0.15, 0.2) is 24.3 Å². The van der Waals surface area contributed by atoms with Crippen molar-refractivity contribution in [3.05, 3.63) is 35.4 Å². The molecule has 0 saturated carbocycles. The SMILES string of the molecule is CCCCOc1cc2c(cc1OCCCC)[C@]1(C=CC(=O)CC1)CCN(C)C2. The summed E-state index contributed by atoms with van der Waals surface area (Å²) in [5.41, 5.74) is 2.54. The van der Waals surface area contributed by atoms with Crippen LogP contribution in [0.3, 0.4) is 0 Å². The summed E-state index contributed by atoms with van der Waals surface area (Å²) < 4.78 is 12.3.